The Morgan fingerprint density at radius 1 is 1.11 bits per heavy atom. The lowest BCUT2D eigenvalue weighted by Gasteiger charge is -2.25. The Labute approximate surface area is 160 Å². The molecule has 1 aliphatic heterocycles. The number of alkyl carbamates (subject to hydrolysis) is 1. The zero-order valence-corrected chi connectivity index (χ0v) is 16.1. The van der Waals surface area contributed by atoms with E-state index in [9.17, 15) is 9.59 Å². The molecule has 2 aromatic rings. The van der Waals surface area contributed by atoms with Gasteiger partial charge in [0.2, 0.25) is 5.91 Å². The average molecular weight is 366 g/mol. The van der Waals surface area contributed by atoms with E-state index in [1.807, 2.05) is 55.5 Å². The minimum atomic E-state index is -0.616. The molecule has 0 unspecified atom stereocenters. The molecular weight excluding hydrogens is 340 g/mol. The molecule has 27 heavy (non-hydrogen) atoms. The number of hydrogen-bond donors (Lipinski definition) is 1. The van der Waals surface area contributed by atoms with Gasteiger partial charge < -0.3 is 15.0 Å². The van der Waals surface area contributed by atoms with Crippen LogP contribution in [-0.4, -0.2) is 24.6 Å². The average Bonchev–Trinajstić information content (AvgIpc) is 2.96. The summed E-state index contributed by atoms with van der Waals surface area (Å²) in [7, 11) is 0. The van der Waals surface area contributed by atoms with Gasteiger partial charge in [0, 0.05) is 17.6 Å². The van der Waals surface area contributed by atoms with Gasteiger partial charge in [-0.25, -0.2) is 4.79 Å². The molecule has 5 nitrogen and oxygen atoms in total. The third-order valence-corrected chi connectivity index (χ3v) is 4.95. The predicted molar refractivity (Wildman–Crippen MR) is 106 cm³/mol. The highest BCUT2D eigenvalue weighted by Gasteiger charge is 2.39. The Hall–Kier alpha value is -2.82. The van der Waals surface area contributed by atoms with Crippen LogP contribution in [0, 0.1) is 0 Å². The molecule has 5 heteroatoms. The van der Waals surface area contributed by atoms with Crippen molar-refractivity contribution in [3.8, 4) is 0 Å². The van der Waals surface area contributed by atoms with E-state index in [0.29, 0.717) is 13.0 Å². The fourth-order valence-electron chi connectivity index (χ4n) is 3.48. The van der Waals surface area contributed by atoms with Gasteiger partial charge in [-0.15, -0.1) is 0 Å². The third-order valence-electron chi connectivity index (χ3n) is 4.95. The summed E-state index contributed by atoms with van der Waals surface area (Å²) >= 11 is 0. The fraction of sp³-hybridized carbons (Fsp3) is 0.364. The monoisotopic (exact) mass is 366 g/mol. The molecule has 1 heterocycles. The molecule has 142 valence electrons. The summed E-state index contributed by atoms with van der Waals surface area (Å²) in [4.78, 5) is 27.0. The molecule has 0 aromatic heterocycles. The van der Waals surface area contributed by atoms with Crippen LogP contribution in [0.1, 0.15) is 38.3 Å². The number of carbonyl (C=O) groups is 2. The van der Waals surface area contributed by atoms with Crippen molar-refractivity contribution in [3.05, 3.63) is 65.7 Å². The number of para-hydroxylation sites is 1. The maximum atomic E-state index is 13.1. The van der Waals surface area contributed by atoms with Gasteiger partial charge in [0.25, 0.3) is 0 Å². The Kier molecular flexibility index (Phi) is 5.49. The number of nitrogens with one attached hydrogen (secondary N) is 1. The second-order valence-corrected chi connectivity index (χ2v) is 7.49. The first-order valence-corrected chi connectivity index (χ1v) is 9.30. The van der Waals surface area contributed by atoms with Gasteiger partial charge in [-0.3, -0.25) is 4.79 Å². The molecular formula is C22H26N2O3. The molecule has 0 aliphatic carbocycles. The number of benzene rings is 2. The van der Waals surface area contributed by atoms with Crippen LogP contribution in [0.25, 0.3) is 0 Å². The van der Waals surface area contributed by atoms with Gasteiger partial charge in [0.1, 0.15) is 12.6 Å². The Morgan fingerprint density at radius 3 is 2.48 bits per heavy atom. The summed E-state index contributed by atoms with van der Waals surface area (Å²) in [5.41, 5.74) is 2.87. The van der Waals surface area contributed by atoms with E-state index in [1.165, 1.54) is 0 Å². The van der Waals surface area contributed by atoms with Crippen LogP contribution in [0.4, 0.5) is 10.5 Å². The van der Waals surface area contributed by atoms with E-state index in [1.54, 1.807) is 4.90 Å². The molecule has 2 amide bonds. The van der Waals surface area contributed by atoms with E-state index < -0.39 is 12.1 Å². The van der Waals surface area contributed by atoms with Gasteiger partial charge in [-0.1, -0.05) is 69.3 Å². The first-order chi connectivity index (χ1) is 12.9. The molecule has 0 bridgehead atoms. The number of rotatable bonds is 5. The van der Waals surface area contributed by atoms with Crippen molar-refractivity contribution < 1.29 is 14.3 Å². The normalized spacial score (nSPS) is 15.7. The number of ether oxygens (including phenoxy) is 1. The minimum absolute atomic E-state index is 0.104. The maximum Gasteiger partial charge on any atom is 0.408 e. The van der Waals surface area contributed by atoms with Crippen molar-refractivity contribution in [1.29, 1.82) is 0 Å². The summed E-state index contributed by atoms with van der Waals surface area (Å²) in [6.45, 7) is 6.91. The zero-order valence-electron chi connectivity index (χ0n) is 16.1. The van der Waals surface area contributed by atoms with Gasteiger partial charge in [0.15, 0.2) is 0 Å². The molecule has 1 N–H and O–H groups in total. The zero-order chi connectivity index (χ0) is 19.4. The molecule has 0 saturated carbocycles. The molecule has 0 fully saturated rings. The summed E-state index contributed by atoms with van der Waals surface area (Å²) in [6.07, 6.45) is -0.0796. The minimum Gasteiger partial charge on any atom is -0.445 e. The molecule has 1 aliphatic rings. The largest absolute Gasteiger partial charge is 0.445 e. The van der Waals surface area contributed by atoms with Crippen molar-refractivity contribution in [2.24, 2.45) is 0 Å². The molecule has 0 spiro atoms. The van der Waals surface area contributed by atoms with Crippen LogP contribution in [0.3, 0.4) is 0 Å². The topological polar surface area (TPSA) is 58.6 Å². The van der Waals surface area contributed by atoms with E-state index in [2.05, 4.69) is 25.2 Å². The quantitative estimate of drug-likeness (QED) is 0.870. The van der Waals surface area contributed by atoms with Crippen molar-refractivity contribution in [3.63, 3.8) is 0 Å². The number of fused-ring (bicyclic) bond motifs is 1. The Balaban J connectivity index is 1.65. The maximum absolute atomic E-state index is 13.1. The van der Waals surface area contributed by atoms with Crippen molar-refractivity contribution in [1.82, 2.24) is 5.32 Å². The lowest BCUT2D eigenvalue weighted by molar-refractivity contribution is -0.120. The number of nitrogens with zero attached hydrogens (tertiary/aromatic N) is 1. The summed E-state index contributed by atoms with van der Waals surface area (Å²) in [5.74, 6) is -0.104. The lowest BCUT2D eigenvalue weighted by Crippen LogP contribution is -2.49. The van der Waals surface area contributed by atoms with E-state index in [-0.39, 0.29) is 17.9 Å². The van der Waals surface area contributed by atoms with Gasteiger partial charge in [-0.2, -0.15) is 0 Å². The summed E-state index contributed by atoms with van der Waals surface area (Å²) in [6, 6.07) is 16.8. The van der Waals surface area contributed by atoms with Crippen LogP contribution >= 0.6 is 0 Å². The van der Waals surface area contributed by atoms with E-state index in [0.717, 1.165) is 16.8 Å². The van der Waals surface area contributed by atoms with Gasteiger partial charge in [-0.05, 0) is 23.6 Å². The number of hydrogen-bond acceptors (Lipinski definition) is 3. The van der Waals surface area contributed by atoms with Gasteiger partial charge >= 0.3 is 6.09 Å². The molecule has 0 radical (unpaired) electrons. The molecule has 2 aromatic carbocycles. The SMILES string of the molecule is CC[C@H](NC(=O)OCc1ccccc1)C(=O)N1CC(C)(C)c2ccccc21. The third kappa shape index (κ3) is 4.13. The standard InChI is InChI=1S/C22H26N2O3/c1-4-18(23-21(26)27-14-16-10-6-5-7-11-16)20(25)24-15-22(2,3)17-12-8-9-13-19(17)24/h5-13,18H,4,14-15H2,1-3H3,(H,23,26)/t18-/m0/s1. The number of amides is 2. The molecule has 3 rings (SSSR count). The van der Waals surface area contributed by atoms with Crippen LogP contribution in [0.2, 0.25) is 0 Å². The first kappa shape index (κ1) is 19.0. The predicted octanol–water partition coefficient (Wildman–Crippen LogP) is 4.02. The van der Waals surface area contributed by atoms with Crippen LogP contribution < -0.4 is 10.2 Å². The van der Waals surface area contributed by atoms with Crippen molar-refractivity contribution >= 4 is 17.7 Å². The highest BCUT2D eigenvalue weighted by Crippen LogP contribution is 2.40. The second-order valence-electron chi connectivity index (χ2n) is 7.49. The highest BCUT2D eigenvalue weighted by atomic mass is 16.5. The smallest absolute Gasteiger partial charge is 0.408 e. The second kappa shape index (κ2) is 7.82. The molecule has 0 saturated heterocycles. The first-order valence-electron chi connectivity index (χ1n) is 9.30. The summed E-state index contributed by atoms with van der Waals surface area (Å²) < 4.78 is 5.26. The lowest BCUT2D eigenvalue weighted by atomic mass is 9.87. The van der Waals surface area contributed by atoms with Crippen molar-refractivity contribution in [2.75, 3.05) is 11.4 Å². The molecule has 1 atom stereocenters. The van der Waals surface area contributed by atoms with E-state index >= 15 is 0 Å². The highest BCUT2D eigenvalue weighted by molar-refractivity contribution is 6.00. The van der Waals surface area contributed by atoms with Crippen LogP contribution in [0.5, 0.6) is 0 Å². The van der Waals surface area contributed by atoms with Gasteiger partial charge in [0.05, 0.1) is 0 Å². The number of anilines is 1. The Bertz CT molecular complexity index is 817. The van der Waals surface area contributed by atoms with Crippen molar-refractivity contribution in [2.45, 2.75) is 45.3 Å². The van der Waals surface area contributed by atoms with Crippen LogP contribution in [0.15, 0.2) is 54.6 Å². The fourth-order valence-corrected chi connectivity index (χ4v) is 3.48. The summed E-state index contributed by atoms with van der Waals surface area (Å²) in [5, 5.41) is 2.72. The van der Waals surface area contributed by atoms with E-state index in [4.69, 9.17) is 4.74 Å². The Morgan fingerprint density at radius 2 is 1.78 bits per heavy atom. The number of carbonyl (C=O) groups excluding carboxylic acids is 2. The van der Waals surface area contributed by atoms with Crippen LogP contribution in [-0.2, 0) is 21.6 Å².